The molecule has 6 atom stereocenters. The van der Waals surface area contributed by atoms with Crippen LogP contribution in [0.4, 0.5) is 4.39 Å². The van der Waals surface area contributed by atoms with Gasteiger partial charge >= 0.3 is 5.97 Å². The molecule has 2 aromatic carbocycles. The number of likely N-dealkylation sites (tertiary alicyclic amines) is 1. The number of fused-ring (bicyclic) bond motifs is 1. The number of benzene rings is 2. The topological polar surface area (TPSA) is 164 Å². The number of aromatic nitrogens is 1. The first-order valence-electron chi connectivity index (χ1n) is 15.9. The van der Waals surface area contributed by atoms with Crippen LogP contribution in [0.3, 0.4) is 0 Å². The number of aliphatic hydroxyl groups excluding tert-OH is 3. The first kappa shape index (κ1) is 26.1. The predicted molar refractivity (Wildman–Crippen MR) is 149 cm³/mol. The number of halogens is 1. The molecule has 0 bridgehead atoms. The monoisotopic (exact) mass is 608 g/mol. The molecule has 12 nitrogen and oxygen atoms in total. The van der Waals surface area contributed by atoms with Crippen LogP contribution in [0.15, 0.2) is 40.9 Å². The molecule has 3 heterocycles. The van der Waals surface area contributed by atoms with E-state index in [1.54, 1.807) is 6.07 Å². The number of aliphatic carboxylic acids is 1. The maximum atomic E-state index is 13.5. The Labute approximate surface area is 253 Å². The van der Waals surface area contributed by atoms with Gasteiger partial charge in [-0.2, -0.15) is 0 Å². The Bertz CT molecular complexity index is 1550. The van der Waals surface area contributed by atoms with E-state index in [0.717, 1.165) is 43.6 Å². The van der Waals surface area contributed by atoms with Crippen LogP contribution in [0.25, 0.3) is 11.0 Å². The Kier molecular flexibility index (Phi) is 8.22. The molecule has 234 valence electrons. The number of methoxy groups -OCH3 is 1. The molecule has 0 aliphatic carbocycles. The van der Waals surface area contributed by atoms with Crippen molar-refractivity contribution in [3.63, 3.8) is 0 Å². The minimum atomic E-state index is -3.20. The standard InChI is InChI=1S/C30H37FN2O10/c1-16(41-30-27(36)25(34)26(35)28(42-30)29(37)38)18-4-7-21(23(14-18)39-2)40-13-3-10-33-11-8-17(9-12-33)24-20-6-5-19(31)15-22(20)43-32-24/h4-7,14-17,25-28,30,34-36H,3,8-13H2,1-2H3,(H,37,38)/t16?,25-,26-,27+,28-,30+/m0/s1/i1D3,16D. The van der Waals surface area contributed by atoms with Crippen molar-refractivity contribution in [3.8, 4) is 11.5 Å². The van der Waals surface area contributed by atoms with Crippen molar-refractivity contribution in [2.75, 3.05) is 33.4 Å². The van der Waals surface area contributed by atoms with Crippen LogP contribution in [0.2, 0.25) is 0 Å². The zero-order chi connectivity index (χ0) is 34.1. The molecule has 1 unspecified atom stereocenters. The van der Waals surface area contributed by atoms with Crippen molar-refractivity contribution in [2.45, 2.75) is 68.8 Å². The molecule has 3 aromatic rings. The number of hydrogen-bond acceptors (Lipinski definition) is 11. The highest BCUT2D eigenvalue weighted by Gasteiger charge is 2.48. The van der Waals surface area contributed by atoms with Gasteiger partial charge in [0.15, 0.2) is 29.5 Å². The van der Waals surface area contributed by atoms with Crippen molar-refractivity contribution in [2.24, 2.45) is 0 Å². The van der Waals surface area contributed by atoms with E-state index in [9.17, 15) is 29.6 Å². The highest BCUT2D eigenvalue weighted by atomic mass is 19.1. The summed E-state index contributed by atoms with van der Waals surface area (Å²) in [5.74, 6) is -1.48. The van der Waals surface area contributed by atoms with Crippen molar-refractivity contribution in [1.29, 1.82) is 0 Å². The summed E-state index contributed by atoms with van der Waals surface area (Å²) in [6.07, 6.45) is -10.8. The van der Waals surface area contributed by atoms with Crippen molar-refractivity contribution < 1.29 is 58.6 Å². The van der Waals surface area contributed by atoms with Gasteiger partial charge in [0.05, 0.1) is 26.9 Å². The second kappa shape index (κ2) is 13.5. The third-order valence-corrected chi connectivity index (χ3v) is 7.79. The number of carboxylic acid groups (broad SMARTS) is 1. The van der Waals surface area contributed by atoms with Gasteiger partial charge in [-0.1, -0.05) is 11.2 Å². The molecule has 5 rings (SSSR count). The largest absolute Gasteiger partial charge is 0.493 e. The lowest BCUT2D eigenvalue weighted by molar-refractivity contribution is -0.304. The summed E-state index contributed by atoms with van der Waals surface area (Å²) in [6.45, 7) is -0.476. The Balaban J connectivity index is 1.18. The van der Waals surface area contributed by atoms with E-state index in [4.69, 9.17) is 29.0 Å². The van der Waals surface area contributed by atoms with Crippen LogP contribution in [0.1, 0.15) is 54.9 Å². The maximum Gasteiger partial charge on any atom is 0.335 e. The lowest BCUT2D eigenvalue weighted by atomic mass is 9.91. The molecule has 1 aromatic heterocycles. The van der Waals surface area contributed by atoms with Gasteiger partial charge in [0.2, 0.25) is 0 Å². The molecule has 2 aliphatic rings. The highest BCUT2D eigenvalue weighted by molar-refractivity contribution is 5.80. The minimum Gasteiger partial charge on any atom is -0.493 e. The molecular formula is C30H37FN2O10. The van der Waals surface area contributed by atoms with Crippen LogP contribution in [-0.2, 0) is 14.3 Å². The van der Waals surface area contributed by atoms with Gasteiger partial charge < -0.3 is 48.8 Å². The third kappa shape index (κ3) is 6.92. The maximum absolute atomic E-state index is 13.5. The summed E-state index contributed by atoms with van der Waals surface area (Å²) < 4.78 is 73.3. The zero-order valence-electron chi connectivity index (χ0n) is 27.4. The molecule has 2 aliphatic heterocycles. The molecule has 2 fully saturated rings. The fourth-order valence-electron chi connectivity index (χ4n) is 5.39. The van der Waals surface area contributed by atoms with Crippen LogP contribution >= 0.6 is 0 Å². The zero-order valence-corrected chi connectivity index (χ0v) is 23.4. The molecule has 2 saturated heterocycles. The van der Waals surface area contributed by atoms with Crippen LogP contribution in [0.5, 0.6) is 11.5 Å². The minimum absolute atomic E-state index is 0.0940. The van der Waals surface area contributed by atoms with Gasteiger partial charge in [-0.05, 0) is 69.0 Å². The second-order valence-electron chi connectivity index (χ2n) is 10.6. The number of aliphatic hydroxyl groups is 3. The second-order valence-corrected chi connectivity index (χ2v) is 10.6. The molecule has 0 radical (unpaired) electrons. The average molecular weight is 609 g/mol. The quantitative estimate of drug-likeness (QED) is 0.236. The highest BCUT2D eigenvalue weighted by Crippen LogP contribution is 2.35. The Hall–Kier alpha value is -3.33. The summed E-state index contributed by atoms with van der Waals surface area (Å²) in [4.78, 5) is 13.8. The summed E-state index contributed by atoms with van der Waals surface area (Å²) in [5.41, 5.74) is 1.04. The van der Waals surface area contributed by atoms with Gasteiger partial charge in [-0.15, -0.1) is 0 Å². The fraction of sp³-hybridized carbons (Fsp3) is 0.533. The Morgan fingerprint density at radius 1 is 1.16 bits per heavy atom. The number of ether oxygens (including phenoxy) is 4. The van der Waals surface area contributed by atoms with E-state index < -0.39 is 49.6 Å². The fourth-order valence-corrected chi connectivity index (χ4v) is 5.39. The number of nitrogens with zero attached hydrogens (tertiary/aromatic N) is 2. The number of carbonyl (C=O) groups is 1. The lowest BCUT2D eigenvalue weighted by Crippen LogP contribution is -2.60. The van der Waals surface area contributed by atoms with Crippen LogP contribution < -0.4 is 9.47 Å². The van der Waals surface area contributed by atoms with Gasteiger partial charge in [0, 0.05) is 28.0 Å². The smallest absolute Gasteiger partial charge is 0.335 e. The third-order valence-electron chi connectivity index (χ3n) is 7.79. The molecule has 13 heteroatoms. The van der Waals surface area contributed by atoms with E-state index in [-0.39, 0.29) is 28.8 Å². The summed E-state index contributed by atoms with van der Waals surface area (Å²) >= 11 is 0. The molecule has 4 N–H and O–H groups in total. The molecule has 43 heavy (non-hydrogen) atoms. The van der Waals surface area contributed by atoms with E-state index in [0.29, 0.717) is 18.6 Å². The predicted octanol–water partition coefficient (Wildman–Crippen LogP) is 2.59. The number of hydrogen-bond donors (Lipinski definition) is 4. The molecule has 0 amide bonds. The van der Waals surface area contributed by atoms with Gasteiger partial charge in [-0.25, -0.2) is 9.18 Å². The first-order valence-corrected chi connectivity index (χ1v) is 13.9. The number of carboxylic acids is 1. The molecular weight excluding hydrogens is 567 g/mol. The van der Waals surface area contributed by atoms with Crippen LogP contribution in [0, 0.1) is 5.82 Å². The average Bonchev–Trinajstić information content (AvgIpc) is 3.45. The molecule has 0 saturated carbocycles. The van der Waals surface area contributed by atoms with E-state index in [1.807, 2.05) is 0 Å². The summed E-state index contributed by atoms with van der Waals surface area (Å²) in [6, 6.07) is 8.32. The normalized spacial score (nSPS) is 28.3. The van der Waals surface area contributed by atoms with E-state index >= 15 is 0 Å². The Morgan fingerprint density at radius 3 is 2.67 bits per heavy atom. The summed E-state index contributed by atoms with van der Waals surface area (Å²) in [5, 5.41) is 44.8. The van der Waals surface area contributed by atoms with Gasteiger partial charge in [-0.3, -0.25) is 0 Å². The van der Waals surface area contributed by atoms with E-state index in [2.05, 4.69) is 10.1 Å². The molecule has 0 spiro atoms. The SMILES string of the molecule is [2H]C([2H])([2H])C([2H])(O[C@@H]1O[C@H](C(=O)O)[C@@H](O)[C@H](O)[C@H]1O)c1ccc(OCCCN2CCC(c3noc4cc(F)ccc34)CC2)c(OC)c1. The van der Waals surface area contributed by atoms with Gasteiger partial charge in [0.1, 0.15) is 24.1 Å². The van der Waals surface area contributed by atoms with Crippen molar-refractivity contribution in [1.82, 2.24) is 10.1 Å². The van der Waals surface area contributed by atoms with Crippen molar-refractivity contribution in [3.05, 3.63) is 53.5 Å². The van der Waals surface area contributed by atoms with Crippen LogP contribution in [-0.4, -0.2) is 101 Å². The van der Waals surface area contributed by atoms with E-state index in [1.165, 1.54) is 37.4 Å². The van der Waals surface area contributed by atoms with Crippen molar-refractivity contribution >= 4 is 16.9 Å². The number of piperidine rings is 1. The first-order chi connectivity index (χ1) is 22.2. The van der Waals surface area contributed by atoms with Gasteiger partial charge in [0.25, 0.3) is 0 Å². The lowest BCUT2D eigenvalue weighted by Gasteiger charge is -2.39. The summed E-state index contributed by atoms with van der Waals surface area (Å²) in [7, 11) is 1.33. The number of rotatable bonds is 11. The Morgan fingerprint density at radius 2 is 1.95 bits per heavy atom.